The van der Waals surface area contributed by atoms with Crippen molar-refractivity contribution in [1.29, 1.82) is 0 Å². The molecule has 4 rings (SSSR count). The number of hydrogen-bond acceptors (Lipinski definition) is 4. The number of rotatable bonds is 6. The van der Waals surface area contributed by atoms with Crippen molar-refractivity contribution in [3.8, 4) is 5.75 Å². The molecule has 3 aromatic carbocycles. The molecule has 33 heavy (non-hydrogen) atoms. The smallest absolute Gasteiger partial charge is 0.262 e. The van der Waals surface area contributed by atoms with Gasteiger partial charge in [0.1, 0.15) is 11.1 Å². The van der Waals surface area contributed by atoms with Gasteiger partial charge in [-0.25, -0.2) is 0 Å². The normalized spacial score (nSPS) is 15.6. The molecule has 1 N–H and O–H groups in total. The van der Waals surface area contributed by atoms with E-state index in [0.29, 0.717) is 25.5 Å². The van der Waals surface area contributed by atoms with Crippen LogP contribution in [0.2, 0.25) is 5.02 Å². The number of halogens is 3. The average Bonchev–Trinajstić information content (AvgIpc) is 3.15. The van der Waals surface area contributed by atoms with Crippen molar-refractivity contribution in [2.45, 2.75) is 12.3 Å². The predicted octanol–water partition coefficient (Wildman–Crippen LogP) is 6.97. The number of nitrogens with zero attached hydrogens (tertiary/aromatic N) is 1. The summed E-state index contributed by atoms with van der Waals surface area (Å²) in [5.41, 5.74) is 3.50. The van der Waals surface area contributed by atoms with Gasteiger partial charge in [-0.2, -0.15) is 0 Å². The Morgan fingerprint density at radius 1 is 1.15 bits per heavy atom. The molecule has 0 spiro atoms. The molecule has 1 atom stereocenters. The second kappa shape index (κ2) is 10.5. The number of hydrogen-bond donors (Lipinski definition) is 1. The molecule has 1 fully saturated rings. The summed E-state index contributed by atoms with van der Waals surface area (Å²) in [6.45, 7) is 1.82. The first kappa shape index (κ1) is 24.1. The maximum atomic E-state index is 12.6. The first-order chi connectivity index (χ1) is 15.8. The van der Waals surface area contributed by atoms with Gasteiger partial charge < -0.3 is 10.1 Å². The minimum Gasteiger partial charge on any atom is -0.481 e. The first-order valence-corrected chi connectivity index (χ1v) is 13.0. The Kier molecular flexibility index (Phi) is 7.69. The van der Waals surface area contributed by atoms with Crippen LogP contribution in [0.1, 0.15) is 16.5 Å². The lowest BCUT2D eigenvalue weighted by atomic mass is 10.1. The van der Waals surface area contributed by atoms with Gasteiger partial charge in [-0.05, 0) is 98.4 Å². The lowest BCUT2D eigenvalue weighted by Gasteiger charge is -2.25. The second-order valence-corrected chi connectivity index (χ2v) is 10.6. The number of ether oxygens (including phenoxy) is 1. The summed E-state index contributed by atoms with van der Waals surface area (Å²) >= 11 is 14.7. The van der Waals surface area contributed by atoms with Crippen molar-refractivity contribution in [1.82, 2.24) is 0 Å². The summed E-state index contributed by atoms with van der Waals surface area (Å²) in [4.78, 5) is 26.7. The summed E-state index contributed by atoms with van der Waals surface area (Å²) in [6.07, 6.45) is 0. The minimum absolute atomic E-state index is 0.0349. The number of aryl methyl sites for hydroxylation is 1. The number of carbonyl (C=O) groups excluding carboxylic acids is 2. The molecule has 0 unspecified atom stereocenters. The number of amides is 2. The van der Waals surface area contributed by atoms with E-state index in [4.69, 9.17) is 16.3 Å². The van der Waals surface area contributed by atoms with Crippen LogP contribution in [-0.4, -0.2) is 24.2 Å². The van der Waals surface area contributed by atoms with Crippen molar-refractivity contribution in [2.75, 3.05) is 22.6 Å². The predicted molar refractivity (Wildman–Crippen MR) is 141 cm³/mol. The zero-order valence-electron chi connectivity index (χ0n) is 17.5. The molecule has 0 saturated carbocycles. The Hall–Kier alpha value is -2.00. The van der Waals surface area contributed by atoms with Gasteiger partial charge in [0.15, 0.2) is 6.61 Å². The molecular weight excluding hydrogens is 592 g/mol. The molecule has 3 aromatic rings. The van der Waals surface area contributed by atoms with Gasteiger partial charge in [-0.1, -0.05) is 23.7 Å². The summed E-state index contributed by atoms with van der Waals surface area (Å²) in [5.74, 6) is 0.687. The van der Waals surface area contributed by atoms with Crippen LogP contribution in [0.4, 0.5) is 11.4 Å². The third-order valence-corrected chi connectivity index (χ3v) is 7.57. The van der Waals surface area contributed by atoms with Crippen molar-refractivity contribution >= 4 is 78.4 Å². The zero-order chi connectivity index (χ0) is 23.5. The molecule has 170 valence electrons. The van der Waals surface area contributed by atoms with E-state index < -0.39 is 0 Å². The van der Waals surface area contributed by atoms with Crippen LogP contribution in [-0.2, 0) is 9.59 Å². The number of thioether (sulfide) groups is 1. The number of nitrogens with one attached hydrogen (secondary N) is 1. The Labute approximate surface area is 218 Å². The molecule has 0 radical (unpaired) electrons. The van der Waals surface area contributed by atoms with Gasteiger partial charge in [0.2, 0.25) is 5.91 Å². The molecular formula is C24H19Br2ClN2O3S. The summed E-state index contributed by atoms with van der Waals surface area (Å²) in [6, 6.07) is 18.6. The Morgan fingerprint density at radius 2 is 1.85 bits per heavy atom. The zero-order valence-corrected chi connectivity index (χ0v) is 22.2. The maximum Gasteiger partial charge on any atom is 0.262 e. The van der Waals surface area contributed by atoms with Crippen molar-refractivity contribution in [3.63, 3.8) is 0 Å². The highest BCUT2D eigenvalue weighted by Crippen LogP contribution is 2.45. The van der Waals surface area contributed by atoms with Crippen molar-refractivity contribution < 1.29 is 14.3 Å². The van der Waals surface area contributed by atoms with Gasteiger partial charge in [0, 0.05) is 16.4 Å². The topological polar surface area (TPSA) is 58.6 Å². The van der Waals surface area contributed by atoms with Gasteiger partial charge in [0.05, 0.1) is 14.7 Å². The molecule has 2 amide bonds. The lowest BCUT2D eigenvalue weighted by molar-refractivity contribution is -0.118. The van der Waals surface area contributed by atoms with E-state index in [-0.39, 0.29) is 23.8 Å². The monoisotopic (exact) mass is 608 g/mol. The summed E-state index contributed by atoms with van der Waals surface area (Å²) in [7, 11) is 0. The highest BCUT2D eigenvalue weighted by molar-refractivity contribution is 9.11. The average molecular weight is 611 g/mol. The van der Waals surface area contributed by atoms with E-state index in [0.717, 1.165) is 22.5 Å². The van der Waals surface area contributed by atoms with Crippen LogP contribution in [0.15, 0.2) is 69.6 Å². The molecule has 0 bridgehead atoms. The molecule has 0 aromatic heterocycles. The third kappa shape index (κ3) is 5.74. The Morgan fingerprint density at radius 3 is 2.52 bits per heavy atom. The van der Waals surface area contributed by atoms with E-state index in [1.54, 1.807) is 28.8 Å². The number of benzene rings is 3. The maximum absolute atomic E-state index is 12.6. The fourth-order valence-corrected chi connectivity index (χ4v) is 6.20. The largest absolute Gasteiger partial charge is 0.481 e. The highest BCUT2D eigenvalue weighted by Gasteiger charge is 2.34. The summed E-state index contributed by atoms with van der Waals surface area (Å²) in [5, 5.41) is 3.26. The molecule has 1 saturated heterocycles. The second-order valence-electron chi connectivity index (χ2n) is 7.42. The van der Waals surface area contributed by atoms with Crippen LogP contribution in [0.25, 0.3) is 0 Å². The fraction of sp³-hybridized carbons (Fsp3) is 0.167. The first-order valence-electron chi connectivity index (χ1n) is 9.99. The fourth-order valence-electron chi connectivity index (χ4n) is 3.47. The van der Waals surface area contributed by atoms with E-state index in [1.165, 1.54) is 0 Å². The van der Waals surface area contributed by atoms with Gasteiger partial charge in [-0.3, -0.25) is 14.5 Å². The number of carbonyl (C=O) groups is 2. The molecule has 1 aliphatic rings. The van der Waals surface area contributed by atoms with Gasteiger partial charge in [0.25, 0.3) is 5.91 Å². The van der Waals surface area contributed by atoms with Gasteiger partial charge >= 0.3 is 0 Å². The van der Waals surface area contributed by atoms with Crippen molar-refractivity contribution in [3.05, 3.63) is 85.8 Å². The molecule has 1 aliphatic heterocycles. The minimum atomic E-state index is -0.255. The standard InChI is InChI=1S/C24H19Br2ClN2O3S/c1-14-3-2-4-17(9-14)28-21(30)12-32-23-19(25)10-15(11-20(23)26)24-29(22(31)13-33-24)18-7-5-16(27)6-8-18/h2-11,24H,12-13H2,1H3,(H,28,30)/t24-/m0/s1. The number of anilines is 2. The van der Waals surface area contributed by atoms with E-state index >= 15 is 0 Å². The van der Waals surface area contributed by atoms with Crippen LogP contribution in [0.5, 0.6) is 5.75 Å². The SMILES string of the molecule is Cc1cccc(NC(=O)COc2c(Br)cc([C@@H]3SCC(=O)N3c3ccc(Cl)cc3)cc2Br)c1. The van der Waals surface area contributed by atoms with Crippen LogP contribution in [0, 0.1) is 6.92 Å². The highest BCUT2D eigenvalue weighted by atomic mass is 79.9. The third-order valence-electron chi connectivity index (χ3n) is 4.93. The molecule has 5 nitrogen and oxygen atoms in total. The lowest BCUT2D eigenvalue weighted by Crippen LogP contribution is -2.27. The molecule has 0 aliphatic carbocycles. The molecule has 9 heteroatoms. The Bertz CT molecular complexity index is 1180. The van der Waals surface area contributed by atoms with E-state index in [2.05, 4.69) is 37.2 Å². The quantitative estimate of drug-likeness (QED) is 0.328. The van der Waals surface area contributed by atoms with Crippen LogP contribution in [0.3, 0.4) is 0 Å². The van der Waals surface area contributed by atoms with Crippen LogP contribution < -0.4 is 15.0 Å². The Balaban J connectivity index is 1.49. The van der Waals surface area contributed by atoms with Crippen molar-refractivity contribution in [2.24, 2.45) is 0 Å². The van der Waals surface area contributed by atoms with Gasteiger partial charge in [-0.15, -0.1) is 11.8 Å². The summed E-state index contributed by atoms with van der Waals surface area (Å²) < 4.78 is 7.16. The van der Waals surface area contributed by atoms with E-state index in [1.807, 2.05) is 55.5 Å². The van der Waals surface area contributed by atoms with Crippen LogP contribution >= 0.6 is 55.2 Å². The van der Waals surface area contributed by atoms with E-state index in [9.17, 15) is 9.59 Å². The molecule has 1 heterocycles.